The maximum atomic E-state index is 12.9. The van der Waals surface area contributed by atoms with Crippen LogP contribution in [0.3, 0.4) is 0 Å². The molecule has 1 saturated heterocycles. The summed E-state index contributed by atoms with van der Waals surface area (Å²) in [5.74, 6) is 0.611. The van der Waals surface area contributed by atoms with E-state index < -0.39 is 10.0 Å². The van der Waals surface area contributed by atoms with Gasteiger partial charge in [0.05, 0.1) is 16.2 Å². The van der Waals surface area contributed by atoms with Crippen LogP contribution in [0.1, 0.15) is 23.7 Å². The number of fused-ring (bicyclic) bond motifs is 1. The molecule has 202 valence electrons. The number of benzene rings is 1. The lowest BCUT2D eigenvalue weighted by Gasteiger charge is -2.32. The minimum atomic E-state index is -3.90. The fourth-order valence-corrected chi connectivity index (χ4v) is 5.57. The third-order valence-corrected chi connectivity index (χ3v) is 8.42. The average Bonchev–Trinajstić information content (AvgIpc) is 2.90. The van der Waals surface area contributed by atoms with Crippen LogP contribution in [-0.4, -0.2) is 91.2 Å². The smallest absolute Gasteiger partial charge is 0.263 e. The van der Waals surface area contributed by atoms with Gasteiger partial charge in [-0.1, -0.05) is 11.8 Å². The number of ketones is 1. The number of carbonyl (C=O) groups is 2. The van der Waals surface area contributed by atoms with Gasteiger partial charge in [0, 0.05) is 56.8 Å². The highest BCUT2D eigenvalue weighted by atomic mass is 32.2. The molecule has 1 aromatic carbocycles. The molecule has 0 bridgehead atoms. The summed E-state index contributed by atoms with van der Waals surface area (Å²) in [6, 6.07) is 11.4. The number of Topliss-reactive ketones (excluding diaryl/α,β-unsaturated/α-hetero) is 1. The Morgan fingerprint density at radius 3 is 2.50 bits per heavy atom. The number of hydrogen-bond acceptors (Lipinski definition) is 10. The van der Waals surface area contributed by atoms with Crippen LogP contribution < -0.4 is 10.0 Å². The van der Waals surface area contributed by atoms with Gasteiger partial charge in [0.15, 0.2) is 10.9 Å². The number of anilines is 2. The number of rotatable bonds is 11. The quantitative estimate of drug-likeness (QED) is 0.269. The van der Waals surface area contributed by atoms with E-state index in [1.54, 1.807) is 12.1 Å². The third kappa shape index (κ3) is 7.73. The number of pyridine rings is 2. The van der Waals surface area contributed by atoms with Crippen molar-refractivity contribution in [1.82, 2.24) is 19.8 Å². The van der Waals surface area contributed by atoms with Crippen molar-refractivity contribution in [2.45, 2.75) is 18.2 Å². The Kier molecular flexibility index (Phi) is 9.31. The number of hydrogen-bond donors (Lipinski definition) is 2. The molecule has 1 aliphatic heterocycles. The number of piperazine rings is 1. The number of aromatic nitrogens is 2. The summed E-state index contributed by atoms with van der Waals surface area (Å²) in [5.41, 5.74) is 1.000. The molecule has 10 nitrogen and oxygen atoms in total. The maximum Gasteiger partial charge on any atom is 0.263 e. The van der Waals surface area contributed by atoms with E-state index in [2.05, 4.69) is 36.9 Å². The van der Waals surface area contributed by atoms with Crippen molar-refractivity contribution in [1.29, 1.82) is 0 Å². The van der Waals surface area contributed by atoms with Crippen LogP contribution in [0.2, 0.25) is 0 Å². The van der Waals surface area contributed by atoms with Gasteiger partial charge in [0.1, 0.15) is 11.6 Å². The molecule has 12 heteroatoms. The standard InChI is InChI=1S/C26H32N6O4S2/c1-19(33)37-18-24(34)21-5-9-26(28-17-21)30-38(35,36)22-6-7-23-20(16-22)4-8-25(29-23)27-10-3-11-32-14-12-31(2)13-15-32/h4-9,16-17H,3,10-15,18H2,1-2H3,(H,27,29)(H,28,30). The zero-order valence-corrected chi connectivity index (χ0v) is 23.1. The van der Waals surface area contributed by atoms with Crippen molar-refractivity contribution < 1.29 is 18.0 Å². The highest BCUT2D eigenvalue weighted by molar-refractivity contribution is 8.14. The summed E-state index contributed by atoms with van der Waals surface area (Å²) in [5, 5.41) is 3.91. The Balaban J connectivity index is 1.33. The molecule has 3 aromatic rings. The van der Waals surface area contributed by atoms with Crippen molar-refractivity contribution in [2.24, 2.45) is 0 Å². The van der Waals surface area contributed by atoms with Crippen LogP contribution in [0.25, 0.3) is 10.9 Å². The Labute approximate surface area is 227 Å². The van der Waals surface area contributed by atoms with Crippen LogP contribution in [0.5, 0.6) is 0 Å². The number of nitrogens with one attached hydrogen (secondary N) is 2. The second-order valence-electron chi connectivity index (χ2n) is 9.22. The largest absolute Gasteiger partial charge is 0.370 e. The van der Waals surface area contributed by atoms with Gasteiger partial charge in [-0.3, -0.25) is 14.3 Å². The molecule has 0 radical (unpaired) electrons. The van der Waals surface area contributed by atoms with Crippen LogP contribution in [0.15, 0.2) is 53.6 Å². The fraction of sp³-hybridized carbons (Fsp3) is 0.385. The summed E-state index contributed by atoms with van der Waals surface area (Å²) < 4.78 is 28.3. The molecule has 0 amide bonds. The van der Waals surface area contributed by atoms with Gasteiger partial charge in [-0.2, -0.15) is 0 Å². The lowest BCUT2D eigenvalue weighted by Crippen LogP contribution is -2.44. The molecule has 0 unspecified atom stereocenters. The van der Waals surface area contributed by atoms with Gasteiger partial charge >= 0.3 is 0 Å². The van der Waals surface area contributed by atoms with Crippen molar-refractivity contribution in [3.05, 3.63) is 54.2 Å². The van der Waals surface area contributed by atoms with Gasteiger partial charge < -0.3 is 15.1 Å². The predicted molar refractivity (Wildman–Crippen MR) is 151 cm³/mol. The van der Waals surface area contributed by atoms with Gasteiger partial charge in [0.25, 0.3) is 10.0 Å². The second kappa shape index (κ2) is 12.7. The summed E-state index contributed by atoms with van der Waals surface area (Å²) in [6.07, 6.45) is 2.32. The minimum absolute atomic E-state index is 0.0149. The minimum Gasteiger partial charge on any atom is -0.370 e. The van der Waals surface area contributed by atoms with Crippen LogP contribution in [0.4, 0.5) is 11.6 Å². The van der Waals surface area contributed by atoms with E-state index in [9.17, 15) is 18.0 Å². The van der Waals surface area contributed by atoms with E-state index in [4.69, 9.17) is 0 Å². The average molecular weight is 557 g/mol. The maximum absolute atomic E-state index is 12.9. The van der Waals surface area contributed by atoms with Crippen molar-refractivity contribution in [3.63, 3.8) is 0 Å². The molecule has 38 heavy (non-hydrogen) atoms. The van der Waals surface area contributed by atoms with Crippen LogP contribution in [-0.2, 0) is 14.8 Å². The third-order valence-electron chi connectivity index (χ3n) is 6.26. The summed E-state index contributed by atoms with van der Waals surface area (Å²) in [6.45, 7) is 7.69. The van der Waals surface area contributed by atoms with E-state index in [0.29, 0.717) is 16.5 Å². The molecule has 0 saturated carbocycles. The molecular weight excluding hydrogens is 524 g/mol. The normalized spacial score (nSPS) is 14.9. The van der Waals surface area contributed by atoms with Gasteiger partial charge in [0.2, 0.25) is 0 Å². The lowest BCUT2D eigenvalue weighted by atomic mass is 10.2. The topological polar surface area (TPSA) is 125 Å². The zero-order valence-electron chi connectivity index (χ0n) is 21.5. The van der Waals surface area contributed by atoms with Crippen molar-refractivity contribution in [3.8, 4) is 0 Å². The SMILES string of the molecule is CC(=O)SCC(=O)c1ccc(NS(=O)(=O)c2ccc3nc(NCCCN4CCN(C)CC4)ccc3c2)nc1. The second-order valence-corrected chi connectivity index (χ2v) is 12.1. The molecule has 0 spiro atoms. The molecule has 0 atom stereocenters. The Morgan fingerprint density at radius 2 is 1.79 bits per heavy atom. The lowest BCUT2D eigenvalue weighted by molar-refractivity contribution is -0.109. The van der Waals surface area contributed by atoms with E-state index in [-0.39, 0.29) is 27.4 Å². The molecule has 4 rings (SSSR count). The van der Waals surface area contributed by atoms with E-state index in [0.717, 1.165) is 63.3 Å². The van der Waals surface area contributed by atoms with E-state index >= 15 is 0 Å². The summed E-state index contributed by atoms with van der Waals surface area (Å²) >= 11 is 0.918. The zero-order chi connectivity index (χ0) is 27.1. The molecule has 2 aromatic heterocycles. The van der Waals surface area contributed by atoms with Gasteiger partial charge in [-0.25, -0.2) is 18.4 Å². The summed E-state index contributed by atoms with van der Waals surface area (Å²) in [4.78, 5) is 36.7. The Bertz CT molecular complexity index is 1390. The first-order valence-electron chi connectivity index (χ1n) is 12.4. The first-order chi connectivity index (χ1) is 18.2. The van der Waals surface area contributed by atoms with Crippen molar-refractivity contribution in [2.75, 3.05) is 62.1 Å². The molecular formula is C26H32N6O4S2. The van der Waals surface area contributed by atoms with Gasteiger partial charge in [-0.15, -0.1) is 0 Å². The number of thioether (sulfide) groups is 1. The number of nitrogens with zero attached hydrogens (tertiary/aromatic N) is 4. The van der Waals surface area contributed by atoms with Crippen LogP contribution in [0, 0.1) is 0 Å². The first-order valence-corrected chi connectivity index (χ1v) is 14.9. The number of likely N-dealkylation sites (N-methyl/N-ethyl adjacent to an activating group) is 1. The number of sulfonamides is 1. The van der Waals surface area contributed by atoms with Crippen molar-refractivity contribution >= 4 is 55.2 Å². The first kappa shape index (κ1) is 28.0. The molecule has 2 N–H and O–H groups in total. The Morgan fingerprint density at radius 1 is 1.03 bits per heavy atom. The molecule has 1 fully saturated rings. The molecule has 0 aliphatic carbocycles. The number of carbonyl (C=O) groups excluding carboxylic acids is 2. The highest BCUT2D eigenvalue weighted by Gasteiger charge is 2.17. The predicted octanol–water partition coefficient (Wildman–Crippen LogP) is 2.94. The van der Waals surface area contributed by atoms with Gasteiger partial charge in [-0.05, 0) is 62.5 Å². The van der Waals surface area contributed by atoms with E-state index in [1.165, 1.54) is 31.3 Å². The summed E-state index contributed by atoms with van der Waals surface area (Å²) in [7, 11) is -1.75. The highest BCUT2D eigenvalue weighted by Crippen LogP contribution is 2.22. The van der Waals surface area contributed by atoms with E-state index in [1.807, 2.05) is 12.1 Å². The monoisotopic (exact) mass is 556 g/mol. The molecule has 1 aliphatic rings. The molecule has 3 heterocycles. The van der Waals surface area contributed by atoms with Crippen LogP contribution >= 0.6 is 11.8 Å². The fourth-order valence-electron chi connectivity index (χ4n) is 4.03. The Hall–Kier alpha value is -3.06.